The molecule has 136 valence electrons. The van der Waals surface area contributed by atoms with Gasteiger partial charge in [-0.15, -0.1) is 5.10 Å². The molecule has 7 nitrogen and oxygen atoms in total. The number of H-pyrrole nitrogens is 1. The zero-order chi connectivity index (χ0) is 18.3. The van der Waals surface area contributed by atoms with Gasteiger partial charge in [-0.1, -0.05) is 11.8 Å². The molecule has 0 aliphatic carbocycles. The van der Waals surface area contributed by atoms with E-state index in [4.69, 9.17) is 0 Å². The predicted octanol–water partition coefficient (Wildman–Crippen LogP) is 1.65. The van der Waals surface area contributed by atoms with Crippen LogP contribution in [-0.2, 0) is 14.6 Å². The van der Waals surface area contributed by atoms with E-state index in [0.29, 0.717) is 22.3 Å². The molecule has 3 aromatic rings. The maximum Gasteiger partial charge on any atom is 0.230 e. The Kier molecular flexibility index (Phi) is 4.31. The van der Waals surface area contributed by atoms with Crippen LogP contribution in [0.3, 0.4) is 0 Å². The van der Waals surface area contributed by atoms with Crippen molar-refractivity contribution in [2.24, 2.45) is 0 Å². The highest BCUT2D eigenvalue weighted by atomic mass is 32.2. The average molecular weight is 394 g/mol. The molecule has 0 radical (unpaired) electrons. The molecule has 1 aliphatic rings. The van der Waals surface area contributed by atoms with Crippen molar-refractivity contribution in [1.29, 1.82) is 0 Å². The van der Waals surface area contributed by atoms with Crippen LogP contribution in [0.4, 0.5) is 4.39 Å². The quantitative estimate of drug-likeness (QED) is 0.652. The van der Waals surface area contributed by atoms with E-state index in [-0.39, 0.29) is 35.0 Å². The van der Waals surface area contributed by atoms with Crippen molar-refractivity contribution < 1.29 is 17.6 Å². The number of hydrogen-bond donors (Lipinski definition) is 2. The smallest absolute Gasteiger partial charge is 0.230 e. The highest BCUT2D eigenvalue weighted by Gasteiger charge is 2.28. The second-order valence-electron chi connectivity index (χ2n) is 6.21. The van der Waals surface area contributed by atoms with Crippen molar-refractivity contribution in [3.8, 4) is 0 Å². The van der Waals surface area contributed by atoms with Gasteiger partial charge < -0.3 is 10.3 Å². The third-order valence-corrected chi connectivity index (χ3v) is 7.02. The Morgan fingerprint density at radius 3 is 3.00 bits per heavy atom. The van der Waals surface area contributed by atoms with Gasteiger partial charge in [0.25, 0.3) is 0 Å². The number of sulfone groups is 1. The van der Waals surface area contributed by atoms with E-state index in [9.17, 15) is 17.6 Å². The SMILES string of the molecule is O=C(CSc1nncc2c1[nH]c1ccc(F)cc12)N[C@H]1CCS(=O)(=O)C1. The molecule has 0 bridgehead atoms. The highest BCUT2D eigenvalue weighted by Crippen LogP contribution is 2.30. The normalized spacial score (nSPS) is 19.2. The van der Waals surface area contributed by atoms with Gasteiger partial charge in [-0.3, -0.25) is 4.79 Å². The summed E-state index contributed by atoms with van der Waals surface area (Å²) in [5.41, 5.74) is 1.46. The summed E-state index contributed by atoms with van der Waals surface area (Å²) in [7, 11) is -3.03. The molecule has 10 heteroatoms. The van der Waals surface area contributed by atoms with Crippen molar-refractivity contribution >= 4 is 49.3 Å². The van der Waals surface area contributed by atoms with E-state index in [0.717, 1.165) is 10.9 Å². The molecule has 3 heterocycles. The molecule has 1 saturated heterocycles. The monoisotopic (exact) mass is 394 g/mol. The molecule has 0 spiro atoms. The number of nitrogens with one attached hydrogen (secondary N) is 2. The Labute approximate surface area is 152 Å². The summed E-state index contributed by atoms with van der Waals surface area (Å²) in [5, 5.41) is 12.7. The maximum atomic E-state index is 13.5. The second kappa shape index (κ2) is 6.51. The lowest BCUT2D eigenvalue weighted by atomic mass is 10.2. The number of rotatable bonds is 4. The highest BCUT2D eigenvalue weighted by molar-refractivity contribution is 8.00. The molecule has 1 fully saturated rings. The Balaban J connectivity index is 1.50. The lowest BCUT2D eigenvalue weighted by molar-refractivity contribution is -0.119. The van der Waals surface area contributed by atoms with Crippen LogP contribution >= 0.6 is 11.8 Å². The summed E-state index contributed by atoms with van der Waals surface area (Å²) >= 11 is 1.20. The first kappa shape index (κ1) is 17.2. The molecule has 2 aromatic heterocycles. The lowest BCUT2D eigenvalue weighted by Crippen LogP contribution is -2.36. The molecular weight excluding hydrogens is 379 g/mol. The molecule has 1 atom stereocenters. The number of nitrogens with zero attached hydrogens (tertiary/aromatic N) is 2. The fourth-order valence-electron chi connectivity index (χ4n) is 3.09. The maximum absolute atomic E-state index is 13.5. The third kappa shape index (κ3) is 3.38. The summed E-state index contributed by atoms with van der Waals surface area (Å²) in [5.74, 6) is -0.393. The van der Waals surface area contributed by atoms with Crippen LogP contribution in [0.1, 0.15) is 6.42 Å². The summed E-state index contributed by atoms with van der Waals surface area (Å²) in [6.45, 7) is 0. The average Bonchev–Trinajstić information content (AvgIpc) is 3.12. The first-order valence-electron chi connectivity index (χ1n) is 7.96. The van der Waals surface area contributed by atoms with E-state index in [1.807, 2.05) is 0 Å². The van der Waals surface area contributed by atoms with Crippen LogP contribution in [0.2, 0.25) is 0 Å². The van der Waals surface area contributed by atoms with Crippen LogP contribution in [0.15, 0.2) is 29.4 Å². The van der Waals surface area contributed by atoms with Crippen molar-refractivity contribution in [2.75, 3.05) is 17.3 Å². The molecule has 2 N–H and O–H groups in total. The Hall–Kier alpha value is -2.20. The van der Waals surface area contributed by atoms with Crippen LogP contribution in [0, 0.1) is 5.82 Å². The number of fused-ring (bicyclic) bond motifs is 3. The summed E-state index contributed by atoms with van der Waals surface area (Å²) in [6.07, 6.45) is 2.00. The van der Waals surface area contributed by atoms with E-state index in [1.54, 1.807) is 12.3 Å². The van der Waals surface area contributed by atoms with Gasteiger partial charge in [-0.2, -0.15) is 5.10 Å². The number of benzene rings is 1. The number of carbonyl (C=O) groups is 1. The van der Waals surface area contributed by atoms with Crippen molar-refractivity contribution in [1.82, 2.24) is 20.5 Å². The van der Waals surface area contributed by atoms with Gasteiger partial charge in [0.15, 0.2) is 9.84 Å². The first-order valence-corrected chi connectivity index (χ1v) is 10.8. The van der Waals surface area contributed by atoms with Gasteiger partial charge in [0, 0.05) is 22.3 Å². The summed E-state index contributed by atoms with van der Waals surface area (Å²) in [4.78, 5) is 15.3. The molecule has 1 aromatic carbocycles. The minimum Gasteiger partial charge on any atom is -0.352 e. The van der Waals surface area contributed by atoms with Crippen LogP contribution in [0.5, 0.6) is 0 Å². The van der Waals surface area contributed by atoms with Crippen molar-refractivity contribution in [3.63, 3.8) is 0 Å². The predicted molar refractivity (Wildman–Crippen MR) is 97.3 cm³/mol. The topological polar surface area (TPSA) is 105 Å². The van der Waals surface area contributed by atoms with Crippen LogP contribution < -0.4 is 5.32 Å². The van der Waals surface area contributed by atoms with Gasteiger partial charge in [0.1, 0.15) is 10.8 Å². The van der Waals surface area contributed by atoms with Gasteiger partial charge in [-0.05, 0) is 24.6 Å². The van der Waals surface area contributed by atoms with E-state index in [2.05, 4.69) is 20.5 Å². The molecule has 1 amide bonds. The minimum atomic E-state index is -3.03. The third-order valence-electron chi connectivity index (χ3n) is 4.29. The number of halogens is 1. The van der Waals surface area contributed by atoms with E-state index in [1.165, 1.54) is 23.9 Å². The fraction of sp³-hybridized carbons (Fsp3) is 0.312. The zero-order valence-corrected chi connectivity index (χ0v) is 15.2. The molecule has 0 saturated carbocycles. The van der Waals surface area contributed by atoms with Gasteiger partial charge >= 0.3 is 0 Å². The van der Waals surface area contributed by atoms with Crippen LogP contribution in [-0.4, -0.2) is 52.8 Å². The lowest BCUT2D eigenvalue weighted by Gasteiger charge is -2.10. The van der Waals surface area contributed by atoms with E-state index >= 15 is 0 Å². The number of aromatic amines is 1. The number of carbonyl (C=O) groups excluding carboxylic acids is 1. The van der Waals surface area contributed by atoms with Gasteiger partial charge in [-0.25, -0.2) is 12.8 Å². The molecule has 0 unspecified atom stereocenters. The Morgan fingerprint density at radius 2 is 2.23 bits per heavy atom. The largest absolute Gasteiger partial charge is 0.352 e. The molecule has 1 aliphatic heterocycles. The minimum absolute atomic E-state index is 0.00756. The summed E-state index contributed by atoms with van der Waals surface area (Å²) < 4.78 is 36.4. The molecule has 4 rings (SSSR count). The van der Waals surface area contributed by atoms with Gasteiger partial charge in [0.2, 0.25) is 5.91 Å². The van der Waals surface area contributed by atoms with Crippen LogP contribution in [0.25, 0.3) is 21.8 Å². The van der Waals surface area contributed by atoms with Crippen molar-refractivity contribution in [2.45, 2.75) is 17.5 Å². The number of amides is 1. The second-order valence-corrected chi connectivity index (χ2v) is 9.40. The first-order chi connectivity index (χ1) is 12.4. The van der Waals surface area contributed by atoms with E-state index < -0.39 is 9.84 Å². The molecular formula is C16H15FN4O3S2. The zero-order valence-electron chi connectivity index (χ0n) is 13.5. The van der Waals surface area contributed by atoms with Gasteiger partial charge in [0.05, 0.1) is 29.0 Å². The van der Waals surface area contributed by atoms with Crippen molar-refractivity contribution in [3.05, 3.63) is 30.2 Å². The fourth-order valence-corrected chi connectivity index (χ4v) is 5.52. The Bertz CT molecular complexity index is 1110. The number of aromatic nitrogens is 3. The number of hydrogen-bond acceptors (Lipinski definition) is 6. The number of thioether (sulfide) groups is 1. The molecule has 26 heavy (non-hydrogen) atoms. The summed E-state index contributed by atoms with van der Waals surface area (Å²) in [6, 6.07) is 4.12. The Morgan fingerprint density at radius 1 is 1.38 bits per heavy atom. The standard InChI is InChI=1S/C16H15FN4O3S2/c17-9-1-2-13-11(5-9)12-6-18-21-16(15(12)20-13)25-7-14(22)19-10-3-4-26(23,24)8-10/h1-2,5-6,10,20H,3-4,7-8H2,(H,19,22)/t10-/m0/s1.